The Labute approximate surface area is 143 Å². The number of nitrogens with zero attached hydrogens (tertiary/aromatic N) is 1. The van der Waals surface area contributed by atoms with Crippen molar-refractivity contribution in [3.8, 4) is 6.07 Å². The number of nitriles is 1. The Bertz CT molecular complexity index is 849. The second-order valence-electron chi connectivity index (χ2n) is 5.23. The van der Waals surface area contributed by atoms with Crippen LogP contribution in [0, 0.1) is 11.3 Å². The van der Waals surface area contributed by atoms with Gasteiger partial charge in [0.25, 0.3) is 0 Å². The van der Waals surface area contributed by atoms with E-state index in [2.05, 4.69) is 22.0 Å². The van der Waals surface area contributed by atoms with Crippen molar-refractivity contribution in [2.75, 3.05) is 6.61 Å². The molecule has 0 radical (unpaired) electrons. The first-order valence-corrected chi connectivity index (χ1v) is 8.12. The van der Waals surface area contributed by atoms with Crippen molar-refractivity contribution < 1.29 is 9.53 Å². The Balaban J connectivity index is 2.18. The van der Waals surface area contributed by atoms with Gasteiger partial charge in [0.1, 0.15) is 0 Å². The van der Waals surface area contributed by atoms with Crippen LogP contribution in [-0.4, -0.2) is 12.6 Å². The van der Waals surface area contributed by atoms with E-state index in [0.29, 0.717) is 17.7 Å². The van der Waals surface area contributed by atoms with E-state index in [-0.39, 0.29) is 11.9 Å². The maximum absolute atomic E-state index is 12.4. The lowest BCUT2D eigenvalue weighted by Gasteiger charge is -2.17. The van der Waals surface area contributed by atoms with Crippen molar-refractivity contribution in [2.24, 2.45) is 0 Å². The smallest absolute Gasteiger partial charge is 0.334 e. The van der Waals surface area contributed by atoms with Crippen molar-refractivity contribution in [3.05, 3.63) is 74.8 Å². The van der Waals surface area contributed by atoms with Crippen LogP contribution in [0.1, 0.15) is 35.1 Å². The number of benzene rings is 2. The minimum Gasteiger partial charge on any atom is -0.463 e. The Morgan fingerprint density at radius 3 is 2.78 bits per heavy atom. The van der Waals surface area contributed by atoms with E-state index in [4.69, 9.17) is 4.74 Å². The van der Waals surface area contributed by atoms with Gasteiger partial charge in [0.15, 0.2) is 0 Å². The predicted molar refractivity (Wildman–Crippen MR) is 91.8 cm³/mol. The Morgan fingerprint density at radius 1 is 1.26 bits per heavy atom. The first-order chi connectivity index (χ1) is 11.2. The second kappa shape index (κ2) is 6.39. The summed E-state index contributed by atoms with van der Waals surface area (Å²) in [5, 5.41) is 9.41. The van der Waals surface area contributed by atoms with Gasteiger partial charge < -0.3 is 4.74 Å². The molecule has 0 saturated heterocycles. The fraction of sp³-hybridized carbons (Fsp3) is 0.158. The summed E-state index contributed by atoms with van der Waals surface area (Å²) in [7, 11) is 0. The molecule has 2 aromatic carbocycles. The van der Waals surface area contributed by atoms with Gasteiger partial charge in [-0.05, 0) is 47.9 Å². The van der Waals surface area contributed by atoms with Crippen molar-refractivity contribution in [1.29, 1.82) is 5.26 Å². The molecule has 3 rings (SSSR count). The number of ether oxygens (including phenoxy) is 1. The summed E-state index contributed by atoms with van der Waals surface area (Å²) in [6.45, 7) is 2.11. The number of rotatable bonds is 3. The molecule has 1 atom stereocenters. The van der Waals surface area contributed by atoms with Gasteiger partial charge in [0.2, 0.25) is 0 Å². The molecule has 0 spiro atoms. The highest BCUT2D eigenvalue weighted by Gasteiger charge is 2.33. The molecule has 3 nitrogen and oxygen atoms in total. The molecule has 4 heteroatoms. The Hall–Kier alpha value is -2.38. The topological polar surface area (TPSA) is 50.1 Å². The number of carbonyl (C=O) groups excluding carboxylic acids is 1. The van der Waals surface area contributed by atoms with E-state index in [1.54, 1.807) is 13.0 Å². The fourth-order valence-corrected chi connectivity index (χ4v) is 3.31. The van der Waals surface area contributed by atoms with Crippen molar-refractivity contribution in [2.45, 2.75) is 12.8 Å². The molecule has 23 heavy (non-hydrogen) atoms. The average Bonchev–Trinajstić information content (AvgIpc) is 2.93. The molecule has 1 aliphatic rings. The zero-order chi connectivity index (χ0) is 16.4. The van der Waals surface area contributed by atoms with E-state index >= 15 is 0 Å². The molecular formula is C19H14BrNO2. The van der Waals surface area contributed by atoms with Crippen LogP contribution < -0.4 is 0 Å². The summed E-state index contributed by atoms with van der Waals surface area (Å²) in [5.41, 5.74) is 3.96. The number of carbonyl (C=O) groups is 1. The van der Waals surface area contributed by atoms with Crippen LogP contribution >= 0.6 is 15.9 Å². The lowest BCUT2D eigenvalue weighted by atomic mass is 9.86. The number of halogens is 1. The van der Waals surface area contributed by atoms with Gasteiger partial charge in [-0.1, -0.05) is 40.2 Å². The second-order valence-corrected chi connectivity index (χ2v) is 6.14. The largest absolute Gasteiger partial charge is 0.463 e. The van der Waals surface area contributed by atoms with Gasteiger partial charge in [0.05, 0.1) is 18.2 Å². The summed E-state index contributed by atoms with van der Waals surface area (Å²) in [4.78, 5) is 12.4. The molecule has 0 saturated carbocycles. The zero-order valence-corrected chi connectivity index (χ0v) is 14.1. The average molecular weight is 368 g/mol. The summed E-state index contributed by atoms with van der Waals surface area (Å²) in [6.07, 6.45) is 1.86. The van der Waals surface area contributed by atoms with Crippen LogP contribution in [-0.2, 0) is 9.53 Å². The maximum atomic E-state index is 12.4. The molecule has 0 bridgehead atoms. The molecule has 0 amide bonds. The Kier molecular flexibility index (Phi) is 4.31. The summed E-state index contributed by atoms with van der Waals surface area (Å²) < 4.78 is 6.16. The van der Waals surface area contributed by atoms with E-state index in [1.807, 2.05) is 42.5 Å². The van der Waals surface area contributed by atoms with Gasteiger partial charge in [-0.3, -0.25) is 0 Å². The highest BCUT2D eigenvalue weighted by Crippen LogP contribution is 2.43. The van der Waals surface area contributed by atoms with Crippen LogP contribution in [0.3, 0.4) is 0 Å². The van der Waals surface area contributed by atoms with Crippen LogP contribution in [0.2, 0.25) is 0 Å². The lowest BCUT2D eigenvalue weighted by molar-refractivity contribution is -0.138. The summed E-state index contributed by atoms with van der Waals surface area (Å²) >= 11 is 3.46. The fourth-order valence-electron chi connectivity index (χ4n) is 2.93. The first-order valence-electron chi connectivity index (χ1n) is 7.33. The molecule has 0 aromatic heterocycles. The zero-order valence-electron chi connectivity index (χ0n) is 12.5. The van der Waals surface area contributed by atoms with Crippen molar-refractivity contribution in [3.63, 3.8) is 0 Å². The quantitative estimate of drug-likeness (QED) is 0.754. The molecule has 1 unspecified atom stereocenters. The molecular weight excluding hydrogens is 354 g/mol. The monoisotopic (exact) mass is 367 g/mol. The van der Waals surface area contributed by atoms with Gasteiger partial charge in [-0.25, -0.2) is 4.79 Å². The normalized spacial score (nSPS) is 15.5. The minimum atomic E-state index is -0.336. The molecule has 2 aromatic rings. The van der Waals surface area contributed by atoms with Crippen LogP contribution in [0.15, 0.2) is 52.5 Å². The van der Waals surface area contributed by atoms with Gasteiger partial charge in [-0.15, -0.1) is 0 Å². The number of hydrogen-bond acceptors (Lipinski definition) is 3. The van der Waals surface area contributed by atoms with Crippen molar-refractivity contribution in [1.82, 2.24) is 0 Å². The number of esters is 1. The highest BCUT2D eigenvalue weighted by molar-refractivity contribution is 9.10. The minimum absolute atomic E-state index is 0.270. The van der Waals surface area contributed by atoms with E-state index in [1.165, 1.54) is 0 Å². The van der Waals surface area contributed by atoms with Crippen molar-refractivity contribution >= 4 is 28.0 Å². The lowest BCUT2D eigenvalue weighted by Crippen LogP contribution is -2.14. The number of fused-ring (bicyclic) bond motifs is 1. The first kappa shape index (κ1) is 15.5. The van der Waals surface area contributed by atoms with E-state index < -0.39 is 0 Å². The van der Waals surface area contributed by atoms with Gasteiger partial charge in [-0.2, -0.15) is 5.26 Å². The molecule has 0 aliphatic heterocycles. The molecule has 114 valence electrons. The number of hydrogen-bond donors (Lipinski definition) is 0. The van der Waals surface area contributed by atoms with Crippen LogP contribution in [0.5, 0.6) is 0 Å². The van der Waals surface area contributed by atoms with E-state index in [0.717, 1.165) is 21.2 Å². The third-order valence-electron chi connectivity index (χ3n) is 3.89. The molecule has 0 fully saturated rings. The third kappa shape index (κ3) is 2.80. The van der Waals surface area contributed by atoms with Gasteiger partial charge >= 0.3 is 5.97 Å². The standard InChI is InChI=1S/C19H14BrNO2/c1-2-23-19(22)17-10-13-9-14(20)7-8-16(13)18(17)15-6-4-3-5-12(15)11-21/h3-10,18H,2H2,1H3. The summed E-state index contributed by atoms with van der Waals surface area (Å²) in [6, 6.07) is 15.5. The van der Waals surface area contributed by atoms with Crippen LogP contribution in [0.25, 0.3) is 6.08 Å². The molecule has 0 heterocycles. The summed E-state index contributed by atoms with van der Waals surface area (Å²) in [5.74, 6) is -0.606. The third-order valence-corrected chi connectivity index (χ3v) is 4.38. The SMILES string of the molecule is CCOC(=O)C1=Cc2cc(Br)ccc2C1c1ccccc1C#N. The maximum Gasteiger partial charge on any atom is 0.334 e. The predicted octanol–water partition coefficient (Wildman–Crippen LogP) is 4.41. The van der Waals surface area contributed by atoms with Gasteiger partial charge in [0, 0.05) is 16.0 Å². The molecule has 0 N–H and O–H groups in total. The molecule has 1 aliphatic carbocycles. The van der Waals surface area contributed by atoms with E-state index in [9.17, 15) is 10.1 Å². The highest BCUT2D eigenvalue weighted by atomic mass is 79.9. The van der Waals surface area contributed by atoms with Crippen LogP contribution in [0.4, 0.5) is 0 Å². The Morgan fingerprint density at radius 2 is 2.04 bits per heavy atom.